The van der Waals surface area contributed by atoms with E-state index in [2.05, 4.69) is 47.4 Å². The van der Waals surface area contributed by atoms with Crippen molar-refractivity contribution < 1.29 is 4.79 Å². The van der Waals surface area contributed by atoms with Crippen molar-refractivity contribution in [3.05, 3.63) is 70.9 Å². The third-order valence-corrected chi connectivity index (χ3v) is 6.11. The molecule has 134 valence electrons. The number of amides is 1. The Morgan fingerprint density at radius 1 is 1.15 bits per heavy atom. The Kier molecular flexibility index (Phi) is 3.62. The number of carbonyl (C=O) groups is 1. The van der Waals surface area contributed by atoms with E-state index in [0.29, 0.717) is 6.42 Å². The lowest BCUT2D eigenvalue weighted by atomic mass is 9.84. The second kappa shape index (κ2) is 6.03. The van der Waals surface area contributed by atoms with Crippen molar-refractivity contribution in [2.75, 3.05) is 5.32 Å². The molecule has 1 aliphatic heterocycles. The van der Waals surface area contributed by atoms with Gasteiger partial charge in [0.15, 0.2) is 0 Å². The van der Waals surface area contributed by atoms with Crippen molar-refractivity contribution in [2.24, 2.45) is 0 Å². The topological polar surface area (TPSA) is 59.8 Å². The molecule has 27 heavy (non-hydrogen) atoms. The molecule has 0 bridgehead atoms. The van der Waals surface area contributed by atoms with E-state index >= 15 is 0 Å². The highest BCUT2D eigenvalue weighted by Crippen LogP contribution is 2.40. The fourth-order valence-corrected chi connectivity index (χ4v) is 4.66. The number of thiazole rings is 1. The summed E-state index contributed by atoms with van der Waals surface area (Å²) in [6, 6.07) is 14.4. The lowest BCUT2D eigenvalue weighted by Crippen LogP contribution is -2.25. The van der Waals surface area contributed by atoms with E-state index in [1.807, 2.05) is 30.5 Å². The van der Waals surface area contributed by atoms with Gasteiger partial charge >= 0.3 is 0 Å². The largest absolute Gasteiger partial charge is 0.310 e. The molecule has 0 radical (unpaired) electrons. The summed E-state index contributed by atoms with van der Waals surface area (Å²) in [5, 5.41) is 8.35. The Labute approximate surface area is 160 Å². The molecule has 2 aromatic carbocycles. The van der Waals surface area contributed by atoms with E-state index in [1.54, 1.807) is 16.0 Å². The summed E-state index contributed by atoms with van der Waals surface area (Å²) in [7, 11) is 0. The van der Waals surface area contributed by atoms with Crippen LogP contribution in [0.5, 0.6) is 0 Å². The molecule has 5 rings (SSSR count). The van der Waals surface area contributed by atoms with Gasteiger partial charge in [0.2, 0.25) is 11.0 Å². The molecule has 5 nitrogen and oxygen atoms in total. The van der Waals surface area contributed by atoms with Crippen LogP contribution in [0.1, 0.15) is 34.6 Å². The van der Waals surface area contributed by atoms with Gasteiger partial charge in [0, 0.05) is 17.9 Å². The monoisotopic (exact) mass is 374 g/mol. The number of hydrogen-bond donors (Lipinski definition) is 1. The maximum atomic E-state index is 12.5. The van der Waals surface area contributed by atoms with Crippen LogP contribution >= 0.6 is 11.3 Å². The molecule has 0 aliphatic carbocycles. The number of hydrogen-bond acceptors (Lipinski definition) is 4. The third kappa shape index (κ3) is 2.64. The van der Waals surface area contributed by atoms with Gasteiger partial charge in [0.1, 0.15) is 5.82 Å². The zero-order chi connectivity index (χ0) is 18.5. The quantitative estimate of drug-likeness (QED) is 0.559. The van der Waals surface area contributed by atoms with Crippen molar-refractivity contribution in [1.29, 1.82) is 0 Å². The van der Waals surface area contributed by atoms with E-state index in [0.717, 1.165) is 26.7 Å². The molecular weight excluding hydrogens is 356 g/mol. The summed E-state index contributed by atoms with van der Waals surface area (Å²) in [6.45, 7) is 4.18. The maximum Gasteiger partial charge on any atom is 0.226 e. The molecule has 6 heteroatoms. The summed E-state index contributed by atoms with van der Waals surface area (Å²) in [5.41, 5.74) is 5.56. The van der Waals surface area contributed by atoms with E-state index in [1.165, 1.54) is 16.7 Å². The molecule has 0 spiro atoms. The molecule has 1 N–H and O–H groups in total. The first-order chi connectivity index (χ1) is 13.1. The van der Waals surface area contributed by atoms with Crippen molar-refractivity contribution >= 4 is 33.3 Å². The van der Waals surface area contributed by atoms with Gasteiger partial charge in [-0.2, -0.15) is 9.78 Å². The molecule has 1 atom stereocenters. The minimum atomic E-state index is 0.0104. The Morgan fingerprint density at radius 3 is 2.85 bits per heavy atom. The smallest absolute Gasteiger partial charge is 0.226 e. The number of fused-ring (bicyclic) bond motifs is 2. The second-order valence-corrected chi connectivity index (χ2v) is 8.00. The first-order valence-electron chi connectivity index (χ1n) is 8.91. The highest BCUT2D eigenvalue weighted by atomic mass is 32.1. The predicted octanol–water partition coefficient (Wildman–Crippen LogP) is 4.57. The fraction of sp³-hybridized carbons (Fsp3) is 0.190. The molecule has 0 saturated carbocycles. The maximum absolute atomic E-state index is 12.5. The van der Waals surface area contributed by atoms with Crippen molar-refractivity contribution in [1.82, 2.24) is 14.8 Å². The van der Waals surface area contributed by atoms with E-state index in [4.69, 9.17) is 0 Å². The summed E-state index contributed by atoms with van der Waals surface area (Å²) in [5.74, 6) is 0.754. The summed E-state index contributed by atoms with van der Waals surface area (Å²) in [4.78, 5) is 17.2. The average Bonchev–Trinajstić information content (AvgIpc) is 3.26. The van der Waals surface area contributed by atoms with Crippen LogP contribution in [0.3, 0.4) is 0 Å². The number of aryl methyl sites for hydroxylation is 2. The van der Waals surface area contributed by atoms with Gasteiger partial charge in [-0.15, -0.1) is 0 Å². The molecule has 1 aliphatic rings. The van der Waals surface area contributed by atoms with Crippen LogP contribution in [-0.2, 0) is 4.79 Å². The van der Waals surface area contributed by atoms with Gasteiger partial charge in [-0.25, -0.2) is 4.98 Å². The fourth-order valence-electron chi connectivity index (χ4n) is 3.73. The Bertz CT molecular complexity index is 1160. The van der Waals surface area contributed by atoms with Crippen molar-refractivity contribution in [3.63, 3.8) is 0 Å². The minimum Gasteiger partial charge on any atom is -0.310 e. The van der Waals surface area contributed by atoms with E-state index < -0.39 is 0 Å². The number of rotatable bonds is 2. The Hall–Kier alpha value is -2.99. The molecule has 3 heterocycles. The van der Waals surface area contributed by atoms with Crippen LogP contribution in [0.2, 0.25) is 0 Å². The average molecular weight is 374 g/mol. The van der Waals surface area contributed by atoms with Gasteiger partial charge in [-0.05, 0) is 37.1 Å². The summed E-state index contributed by atoms with van der Waals surface area (Å²) >= 11 is 1.57. The van der Waals surface area contributed by atoms with Gasteiger partial charge in [-0.1, -0.05) is 47.2 Å². The lowest BCUT2D eigenvalue weighted by Gasteiger charge is -2.25. The number of anilines is 1. The normalized spacial score (nSPS) is 16.4. The predicted molar refractivity (Wildman–Crippen MR) is 108 cm³/mol. The van der Waals surface area contributed by atoms with E-state index in [9.17, 15) is 4.79 Å². The Morgan fingerprint density at radius 2 is 2.00 bits per heavy atom. The number of carbonyl (C=O) groups excluding carboxylic acids is 1. The number of nitrogens with one attached hydrogen (secondary N) is 1. The van der Waals surface area contributed by atoms with Crippen LogP contribution in [0, 0.1) is 13.8 Å². The molecular formula is C21H18N4OS. The van der Waals surface area contributed by atoms with Crippen LogP contribution < -0.4 is 5.32 Å². The third-order valence-electron chi connectivity index (χ3n) is 5.09. The first kappa shape index (κ1) is 16.2. The molecule has 1 unspecified atom stereocenters. The minimum absolute atomic E-state index is 0.0104. The summed E-state index contributed by atoms with van der Waals surface area (Å²) in [6.07, 6.45) is 2.30. The molecule has 1 amide bonds. The summed E-state index contributed by atoms with van der Waals surface area (Å²) < 4.78 is 2.86. The second-order valence-electron chi connectivity index (χ2n) is 6.99. The first-order valence-corrected chi connectivity index (χ1v) is 9.72. The molecule has 4 aromatic rings. The highest BCUT2D eigenvalue weighted by molar-refractivity contribution is 7.20. The van der Waals surface area contributed by atoms with Gasteiger partial charge in [0.25, 0.3) is 0 Å². The van der Waals surface area contributed by atoms with Gasteiger partial charge in [0.05, 0.1) is 16.4 Å². The van der Waals surface area contributed by atoms with Crippen LogP contribution in [0.25, 0.3) is 15.3 Å². The standard InChI is InChI=1S/C21H18N4OS/c1-12-7-8-13(2)14(9-12)15-10-19(26)24-20-16(15)11-22-25(20)21-23-17-5-3-4-6-18(17)27-21/h3-9,11,15H,10H2,1-2H3,(H,24,26). The molecule has 0 fully saturated rings. The number of nitrogens with zero attached hydrogens (tertiary/aromatic N) is 3. The van der Waals surface area contributed by atoms with Gasteiger partial charge < -0.3 is 5.32 Å². The van der Waals surface area contributed by atoms with Crippen LogP contribution in [0.4, 0.5) is 5.82 Å². The zero-order valence-corrected chi connectivity index (χ0v) is 15.9. The molecule has 0 saturated heterocycles. The highest BCUT2D eigenvalue weighted by Gasteiger charge is 2.31. The Balaban J connectivity index is 1.66. The molecule has 2 aromatic heterocycles. The SMILES string of the molecule is Cc1ccc(C)c(C2CC(=O)Nc3c2cnn3-c2nc3ccccc3s2)c1. The van der Waals surface area contributed by atoms with Crippen molar-refractivity contribution in [2.45, 2.75) is 26.2 Å². The van der Waals surface area contributed by atoms with Gasteiger partial charge in [-0.3, -0.25) is 4.79 Å². The van der Waals surface area contributed by atoms with E-state index in [-0.39, 0.29) is 11.8 Å². The van der Waals surface area contributed by atoms with Crippen LogP contribution in [0.15, 0.2) is 48.7 Å². The number of benzene rings is 2. The zero-order valence-electron chi connectivity index (χ0n) is 15.1. The van der Waals surface area contributed by atoms with Crippen LogP contribution in [-0.4, -0.2) is 20.7 Å². The number of aromatic nitrogens is 3. The number of para-hydroxylation sites is 1. The lowest BCUT2D eigenvalue weighted by molar-refractivity contribution is -0.116. The van der Waals surface area contributed by atoms with Crippen molar-refractivity contribution in [3.8, 4) is 5.13 Å².